The number of carbonyl (C=O) groups is 2. The molecule has 1 aliphatic rings. The van der Waals surface area contributed by atoms with Gasteiger partial charge in [0.15, 0.2) is 0 Å². The van der Waals surface area contributed by atoms with Crippen LogP contribution in [0.15, 0.2) is 48.5 Å². The van der Waals surface area contributed by atoms with Gasteiger partial charge in [0.2, 0.25) is 11.8 Å². The largest absolute Gasteiger partial charge is 0.355 e. The third-order valence-corrected chi connectivity index (χ3v) is 4.56. The standard InChI is InChI=1S/C19H18ClFN2O2/c20-14-5-3-4-13(12-14)8-11-22-17(24)19(9-10-19)18(25)23-16-7-2-1-6-15(16)21/h1-7,12H,8-11H2,(H,22,24)(H,23,25). The van der Waals surface area contributed by atoms with Gasteiger partial charge in [0, 0.05) is 11.6 Å². The molecule has 0 unspecified atom stereocenters. The highest BCUT2D eigenvalue weighted by Crippen LogP contribution is 2.46. The Kier molecular flexibility index (Phi) is 5.04. The minimum absolute atomic E-state index is 0.0884. The Morgan fingerprint density at radius 1 is 1.08 bits per heavy atom. The van der Waals surface area contributed by atoms with Crippen molar-refractivity contribution in [2.24, 2.45) is 5.41 Å². The molecule has 2 aromatic rings. The molecule has 6 heteroatoms. The lowest BCUT2D eigenvalue weighted by Gasteiger charge is -2.15. The maximum atomic E-state index is 13.7. The van der Waals surface area contributed by atoms with Gasteiger partial charge in [-0.05, 0) is 49.1 Å². The maximum absolute atomic E-state index is 13.7. The fourth-order valence-corrected chi connectivity index (χ4v) is 2.88. The molecular weight excluding hydrogens is 343 g/mol. The molecule has 130 valence electrons. The summed E-state index contributed by atoms with van der Waals surface area (Å²) in [5.74, 6) is -1.30. The molecule has 1 fully saturated rings. The molecule has 2 N–H and O–H groups in total. The van der Waals surface area contributed by atoms with Gasteiger partial charge in [0.1, 0.15) is 11.2 Å². The van der Waals surface area contributed by atoms with E-state index in [2.05, 4.69) is 10.6 Å². The van der Waals surface area contributed by atoms with Crippen molar-refractivity contribution in [3.05, 3.63) is 64.9 Å². The number of hydrogen-bond donors (Lipinski definition) is 2. The number of para-hydroxylation sites is 1. The Labute approximate surface area is 150 Å². The van der Waals surface area contributed by atoms with Crippen LogP contribution in [0.4, 0.5) is 10.1 Å². The molecule has 25 heavy (non-hydrogen) atoms. The predicted molar refractivity (Wildman–Crippen MR) is 94.9 cm³/mol. The Bertz CT molecular complexity index is 806. The molecule has 3 rings (SSSR count). The van der Waals surface area contributed by atoms with Crippen LogP contribution in [0.3, 0.4) is 0 Å². The van der Waals surface area contributed by atoms with E-state index in [9.17, 15) is 14.0 Å². The number of carbonyl (C=O) groups excluding carboxylic acids is 2. The lowest BCUT2D eigenvalue weighted by atomic mass is 10.0. The van der Waals surface area contributed by atoms with Crippen molar-refractivity contribution in [3.8, 4) is 0 Å². The summed E-state index contributed by atoms with van der Waals surface area (Å²) in [6, 6.07) is 13.3. The molecule has 0 radical (unpaired) electrons. The first-order valence-electron chi connectivity index (χ1n) is 8.10. The van der Waals surface area contributed by atoms with Gasteiger partial charge < -0.3 is 10.6 Å². The number of amides is 2. The molecule has 1 saturated carbocycles. The van der Waals surface area contributed by atoms with E-state index in [4.69, 9.17) is 11.6 Å². The van der Waals surface area contributed by atoms with Crippen LogP contribution in [-0.4, -0.2) is 18.4 Å². The molecule has 0 bridgehead atoms. The quantitative estimate of drug-likeness (QED) is 0.774. The second-order valence-corrected chi connectivity index (χ2v) is 6.59. The average molecular weight is 361 g/mol. The van der Waals surface area contributed by atoms with Crippen molar-refractivity contribution in [3.63, 3.8) is 0 Å². The lowest BCUT2D eigenvalue weighted by molar-refractivity contribution is -0.134. The molecular formula is C19H18ClFN2O2. The van der Waals surface area contributed by atoms with E-state index in [1.165, 1.54) is 12.1 Å². The van der Waals surface area contributed by atoms with Crippen LogP contribution in [0.2, 0.25) is 5.02 Å². The summed E-state index contributed by atoms with van der Waals surface area (Å²) in [5, 5.41) is 5.96. The molecule has 0 aliphatic heterocycles. The van der Waals surface area contributed by atoms with E-state index in [0.717, 1.165) is 5.56 Å². The van der Waals surface area contributed by atoms with Crippen LogP contribution in [0.5, 0.6) is 0 Å². The fourth-order valence-electron chi connectivity index (χ4n) is 2.67. The molecule has 0 aromatic heterocycles. The zero-order valence-corrected chi connectivity index (χ0v) is 14.3. The van der Waals surface area contributed by atoms with Crippen molar-refractivity contribution in [1.82, 2.24) is 5.32 Å². The number of benzene rings is 2. The Balaban J connectivity index is 1.56. The summed E-state index contributed by atoms with van der Waals surface area (Å²) in [4.78, 5) is 24.8. The van der Waals surface area contributed by atoms with Gasteiger partial charge in [-0.25, -0.2) is 4.39 Å². The summed E-state index contributed by atoms with van der Waals surface area (Å²) >= 11 is 5.93. The van der Waals surface area contributed by atoms with E-state index in [-0.39, 0.29) is 11.6 Å². The number of halogens is 2. The molecule has 0 atom stereocenters. The first-order chi connectivity index (χ1) is 12.0. The molecule has 0 saturated heterocycles. The summed E-state index contributed by atoms with van der Waals surface area (Å²) < 4.78 is 13.7. The van der Waals surface area contributed by atoms with E-state index < -0.39 is 17.1 Å². The minimum Gasteiger partial charge on any atom is -0.355 e. The topological polar surface area (TPSA) is 58.2 Å². The van der Waals surface area contributed by atoms with Gasteiger partial charge in [-0.15, -0.1) is 0 Å². The zero-order chi connectivity index (χ0) is 17.9. The Hall–Kier alpha value is -2.40. The summed E-state index contributed by atoms with van der Waals surface area (Å²) in [6.07, 6.45) is 1.56. The second-order valence-electron chi connectivity index (χ2n) is 6.15. The summed E-state index contributed by atoms with van der Waals surface area (Å²) in [5.41, 5.74) is 0.00956. The van der Waals surface area contributed by atoms with Gasteiger partial charge in [-0.2, -0.15) is 0 Å². The van der Waals surface area contributed by atoms with E-state index in [0.29, 0.717) is 30.8 Å². The predicted octanol–water partition coefficient (Wildman–Crippen LogP) is 3.56. The van der Waals surface area contributed by atoms with Crippen LogP contribution in [0.25, 0.3) is 0 Å². The maximum Gasteiger partial charge on any atom is 0.240 e. The molecule has 1 aliphatic carbocycles. The highest BCUT2D eigenvalue weighted by Gasteiger charge is 2.56. The number of rotatable bonds is 6. The van der Waals surface area contributed by atoms with Gasteiger partial charge in [0.05, 0.1) is 5.69 Å². The molecule has 0 spiro atoms. The normalized spacial score (nSPS) is 14.6. The molecule has 0 heterocycles. The minimum atomic E-state index is -1.09. The molecule has 2 amide bonds. The highest BCUT2D eigenvalue weighted by molar-refractivity contribution is 6.30. The van der Waals surface area contributed by atoms with Crippen LogP contribution >= 0.6 is 11.6 Å². The monoisotopic (exact) mass is 360 g/mol. The average Bonchev–Trinajstić information content (AvgIpc) is 3.39. The zero-order valence-electron chi connectivity index (χ0n) is 13.5. The van der Waals surface area contributed by atoms with Crippen LogP contribution in [0, 0.1) is 11.2 Å². The van der Waals surface area contributed by atoms with Crippen molar-refractivity contribution in [1.29, 1.82) is 0 Å². The number of anilines is 1. The molecule has 4 nitrogen and oxygen atoms in total. The SMILES string of the molecule is O=C(NCCc1cccc(Cl)c1)C1(C(=O)Nc2ccccc2F)CC1. The molecule has 2 aromatic carbocycles. The summed E-state index contributed by atoms with van der Waals surface area (Å²) in [7, 11) is 0. The van der Waals surface area contributed by atoms with Crippen LogP contribution in [-0.2, 0) is 16.0 Å². The van der Waals surface area contributed by atoms with Gasteiger partial charge >= 0.3 is 0 Å². The van der Waals surface area contributed by atoms with Crippen LogP contribution in [0.1, 0.15) is 18.4 Å². The number of nitrogens with one attached hydrogen (secondary N) is 2. The Morgan fingerprint density at radius 2 is 1.84 bits per heavy atom. The Morgan fingerprint density at radius 3 is 2.52 bits per heavy atom. The van der Waals surface area contributed by atoms with E-state index in [1.54, 1.807) is 18.2 Å². The highest BCUT2D eigenvalue weighted by atomic mass is 35.5. The van der Waals surface area contributed by atoms with Crippen molar-refractivity contribution >= 4 is 29.1 Å². The smallest absolute Gasteiger partial charge is 0.240 e. The third kappa shape index (κ3) is 3.99. The van der Waals surface area contributed by atoms with E-state index >= 15 is 0 Å². The number of hydrogen-bond acceptors (Lipinski definition) is 2. The fraction of sp³-hybridized carbons (Fsp3) is 0.263. The van der Waals surface area contributed by atoms with Crippen molar-refractivity contribution in [2.75, 3.05) is 11.9 Å². The van der Waals surface area contributed by atoms with Gasteiger partial charge in [-0.3, -0.25) is 9.59 Å². The lowest BCUT2D eigenvalue weighted by Crippen LogP contribution is -2.40. The first-order valence-corrected chi connectivity index (χ1v) is 8.48. The summed E-state index contributed by atoms with van der Waals surface area (Å²) in [6.45, 7) is 0.411. The first kappa shape index (κ1) is 17.4. The third-order valence-electron chi connectivity index (χ3n) is 4.33. The second kappa shape index (κ2) is 7.23. The van der Waals surface area contributed by atoms with Gasteiger partial charge in [0.25, 0.3) is 0 Å². The van der Waals surface area contributed by atoms with E-state index in [1.807, 2.05) is 18.2 Å². The van der Waals surface area contributed by atoms with Crippen molar-refractivity contribution < 1.29 is 14.0 Å². The van der Waals surface area contributed by atoms with Crippen LogP contribution < -0.4 is 10.6 Å². The van der Waals surface area contributed by atoms with Gasteiger partial charge in [-0.1, -0.05) is 35.9 Å². The van der Waals surface area contributed by atoms with Crippen molar-refractivity contribution in [2.45, 2.75) is 19.3 Å².